The number of hydrogen-bond acceptors (Lipinski definition) is 2. The molecule has 0 radical (unpaired) electrons. The molecule has 2 N–H and O–H groups in total. The fraction of sp³-hybridized carbons (Fsp3) is 0.571. The second-order valence-corrected chi connectivity index (χ2v) is 4.60. The fourth-order valence-electron chi connectivity index (χ4n) is 2.52. The number of nitrogens with one attached hydrogen (secondary N) is 1. The minimum absolute atomic E-state index is 0.369. The van der Waals surface area contributed by atoms with Gasteiger partial charge in [-0.2, -0.15) is 0 Å². The first-order chi connectivity index (χ1) is 7.83. The molecule has 0 aliphatic heterocycles. The van der Waals surface area contributed by atoms with Crippen LogP contribution in [-0.2, 0) is 6.42 Å². The summed E-state index contributed by atoms with van der Waals surface area (Å²) in [5.41, 5.74) is 2.45. The summed E-state index contributed by atoms with van der Waals surface area (Å²) in [5.74, 6) is 0.461. The molecule has 1 unspecified atom stereocenters. The highest BCUT2D eigenvalue weighted by Gasteiger charge is 2.24. The Morgan fingerprint density at radius 3 is 3.06 bits per heavy atom. The Labute approximate surface area is 97.7 Å². The van der Waals surface area contributed by atoms with E-state index in [-0.39, 0.29) is 0 Å². The summed E-state index contributed by atoms with van der Waals surface area (Å²) in [7, 11) is 0. The molecule has 0 amide bonds. The third-order valence-corrected chi connectivity index (χ3v) is 3.40. The molecule has 0 spiro atoms. The Hall–Kier alpha value is -1.02. The van der Waals surface area contributed by atoms with Gasteiger partial charge in [0.2, 0.25) is 0 Å². The largest absolute Gasteiger partial charge is 0.508 e. The topological polar surface area (TPSA) is 32.3 Å². The number of phenols is 1. The van der Waals surface area contributed by atoms with E-state index >= 15 is 0 Å². The van der Waals surface area contributed by atoms with E-state index in [2.05, 4.69) is 18.3 Å². The van der Waals surface area contributed by atoms with Crippen molar-refractivity contribution in [3.8, 4) is 5.75 Å². The molecular weight excluding hydrogens is 198 g/mol. The SMILES string of the molecule is CCCCCNC1CCc2cccc(O)c21. The van der Waals surface area contributed by atoms with Crippen molar-refractivity contribution in [3.05, 3.63) is 29.3 Å². The summed E-state index contributed by atoms with van der Waals surface area (Å²) in [5, 5.41) is 13.4. The van der Waals surface area contributed by atoms with Crippen LogP contribution in [0.4, 0.5) is 0 Å². The lowest BCUT2D eigenvalue weighted by molar-refractivity contribution is 0.446. The van der Waals surface area contributed by atoms with Gasteiger partial charge < -0.3 is 10.4 Å². The number of aromatic hydroxyl groups is 1. The van der Waals surface area contributed by atoms with E-state index in [1.54, 1.807) is 6.07 Å². The quantitative estimate of drug-likeness (QED) is 0.746. The molecule has 1 aliphatic carbocycles. The molecule has 0 fully saturated rings. The highest BCUT2D eigenvalue weighted by Crippen LogP contribution is 2.36. The van der Waals surface area contributed by atoms with Gasteiger partial charge in [-0.1, -0.05) is 31.9 Å². The van der Waals surface area contributed by atoms with Crippen molar-refractivity contribution >= 4 is 0 Å². The molecule has 0 heterocycles. The van der Waals surface area contributed by atoms with Gasteiger partial charge >= 0.3 is 0 Å². The summed E-state index contributed by atoms with van der Waals surface area (Å²) in [6.07, 6.45) is 5.99. The van der Waals surface area contributed by atoms with Gasteiger partial charge in [0, 0.05) is 11.6 Å². The molecule has 2 nitrogen and oxygen atoms in total. The number of aryl methyl sites for hydroxylation is 1. The molecule has 16 heavy (non-hydrogen) atoms. The van der Waals surface area contributed by atoms with Crippen LogP contribution in [0.5, 0.6) is 5.75 Å². The number of rotatable bonds is 5. The van der Waals surface area contributed by atoms with Gasteiger partial charge in [-0.3, -0.25) is 0 Å². The molecule has 1 aliphatic rings. The van der Waals surface area contributed by atoms with E-state index in [9.17, 15) is 5.11 Å². The number of hydrogen-bond donors (Lipinski definition) is 2. The van der Waals surface area contributed by atoms with Crippen molar-refractivity contribution in [1.29, 1.82) is 0 Å². The Kier molecular flexibility index (Phi) is 3.83. The number of phenolic OH excluding ortho intramolecular Hbond substituents is 1. The fourth-order valence-corrected chi connectivity index (χ4v) is 2.52. The summed E-state index contributed by atoms with van der Waals surface area (Å²) < 4.78 is 0. The normalized spacial score (nSPS) is 18.7. The number of benzene rings is 1. The molecule has 1 aromatic rings. The van der Waals surface area contributed by atoms with E-state index in [1.165, 1.54) is 24.8 Å². The van der Waals surface area contributed by atoms with Crippen molar-refractivity contribution in [2.45, 2.75) is 45.1 Å². The van der Waals surface area contributed by atoms with Crippen LogP contribution in [0, 0.1) is 0 Å². The van der Waals surface area contributed by atoms with Crippen molar-refractivity contribution < 1.29 is 5.11 Å². The van der Waals surface area contributed by atoms with Crippen LogP contribution in [0.15, 0.2) is 18.2 Å². The maximum atomic E-state index is 9.86. The van der Waals surface area contributed by atoms with Gasteiger partial charge in [0.15, 0.2) is 0 Å². The zero-order valence-electron chi connectivity index (χ0n) is 10.00. The van der Waals surface area contributed by atoms with Crippen LogP contribution in [0.1, 0.15) is 49.8 Å². The van der Waals surface area contributed by atoms with Gasteiger partial charge in [-0.15, -0.1) is 0 Å². The first kappa shape index (κ1) is 11.5. The third kappa shape index (κ3) is 2.38. The zero-order valence-corrected chi connectivity index (χ0v) is 10.00. The Bertz CT molecular complexity index is 349. The maximum Gasteiger partial charge on any atom is 0.120 e. The van der Waals surface area contributed by atoms with E-state index < -0.39 is 0 Å². The Morgan fingerprint density at radius 2 is 2.25 bits per heavy atom. The van der Waals surface area contributed by atoms with Gasteiger partial charge in [0.05, 0.1) is 0 Å². The smallest absolute Gasteiger partial charge is 0.120 e. The van der Waals surface area contributed by atoms with Crippen molar-refractivity contribution in [2.24, 2.45) is 0 Å². The molecule has 2 heteroatoms. The van der Waals surface area contributed by atoms with Crippen molar-refractivity contribution in [1.82, 2.24) is 5.32 Å². The van der Waals surface area contributed by atoms with Gasteiger partial charge in [0.25, 0.3) is 0 Å². The first-order valence-corrected chi connectivity index (χ1v) is 6.37. The highest BCUT2D eigenvalue weighted by atomic mass is 16.3. The number of unbranched alkanes of at least 4 members (excludes halogenated alkanes) is 2. The van der Waals surface area contributed by atoms with Gasteiger partial charge in [-0.05, 0) is 37.4 Å². The summed E-state index contributed by atoms with van der Waals surface area (Å²) in [4.78, 5) is 0. The molecule has 0 aromatic heterocycles. The van der Waals surface area contributed by atoms with Crippen LogP contribution < -0.4 is 5.32 Å². The van der Waals surface area contributed by atoms with Crippen LogP contribution in [0.25, 0.3) is 0 Å². The van der Waals surface area contributed by atoms with Crippen molar-refractivity contribution in [3.63, 3.8) is 0 Å². The molecule has 0 bridgehead atoms. The van der Waals surface area contributed by atoms with Crippen LogP contribution >= 0.6 is 0 Å². The minimum Gasteiger partial charge on any atom is -0.508 e. The first-order valence-electron chi connectivity index (χ1n) is 6.37. The summed E-state index contributed by atoms with van der Waals surface area (Å²) in [6, 6.07) is 6.23. The number of fused-ring (bicyclic) bond motifs is 1. The van der Waals surface area contributed by atoms with E-state index in [4.69, 9.17) is 0 Å². The highest BCUT2D eigenvalue weighted by molar-refractivity contribution is 5.44. The summed E-state index contributed by atoms with van der Waals surface area (Å²) >= 11 is 0. The molecule has 1 aromatic carbocycles. The zero-order chi connectivity index (χ0) is 11.4. The second kappa shape index (κ2) is 5.35. The third-order valence-electron chi connectivity index (χ3n) is 3.40. The van der Waals surface area contributed by atoms with Crippen molar-refractivity contribution in [2.75, 3.05) is 6.54 Å². The van der Waals surface area contributed by atoms with Gasteiger partial charge in [0.1, 0.15) is 5.75 Å². The van der Waals surface area contributed by atoms with Crippen LogP contribution in [0.3, 0.4) is 0 Å². The Morgan fingerprint density at radius 1 is 1.38 bits per heavy atom. The lowest BCUT2D eigenvalue weighted by atomic mass is 10.1. The maximum absolute atomic E-state index is 9.86. The molecule has 0 saturated heterocycles. The van der Waals surface area contributed by atoms with E-state index in [0.29, 0.717) is 11.8 Å². The second-order valence-electron chi connectivity index (χ2n) is 4.60. The van der Waals surface area contributed by atoms with Crippen LogP contribution in [-0.4, -0.2) is 11.7 Å². The van der Waals surface area contributed by atoms with Crippen LogP contribution in [0.2, 0.25) is 0 Å². The molecular formula is C14H21NO. The Balaban J connectivity index is 1.95. The molecule has 1 atom stereocenters. The monoisotopic (exact) mass is 219 g/mol. The standard InChI is InChI=1S/C14H21NO/c1-2-3-4-10-15-12-9-8-11-6-5-7-13(16)14(11)12/h5-7,12,15-16H,2-4,8-10H2,1H3. The predicted octanol–water partition coefficient (Wildman–Crippen LogP) is 3.16. The van der Waals surface area contributed by atoms with Gasteiger partial charge in [-0.25, -0.2) is 0 Å². The average Bonchev–Trinajstić information content (AvgIpc) is 2.69. The lowest BCUT2D eigenvalue weighted by Crippen LogP contribution is -2.20. The minimum atomic E-state index is 0.369. The average molecular weight is 219 g/mol. The van der Waals surface area contributed by atoms with E-state index in [0.717, 1.165) is 24.9 Å². The molecule has 88 valence electrons. The van der Waals surface area contributed by atoms with E-state index in [1.807, 2.05) is 6.07 Å². The predicted molar refractivity (Wildman–Crippen MR) is 66.7 cm³/mol. The molecule has 2 rings (SSSR count). The molecule has 0 saturated carbocycles. The lowest BCUT2D eigenvalue weighted by Gasteiger charge is -2.14. The summed E-state index contributed by atoms with van der Waals surface area (Å²) in [6.45, 7) is 3.28.